The summed E-state index contributed by atoms with van der Waals surface area (Å²) in [5, 5.41) is 8.99. The molecule has 23 heavy (non-hydrogen) atoms. The Balaban J connectivity index is 1.63. The van der Waals surface area contributed by atoms with Gasteiger partial charge in [-0.3, -0.25) is 9.59 Å². The molecule has 2 amide bonds. The van der Waals surface area contributed by atoms with Crippen molar-refractivity contribution in [3.8, 4) is 0 Å². The minimum atomic E-state index is -0.0873. The molecule has 1 aromatic rings. The van der Waals surface area contributed by atoms with Crippen molar-refractivity contribution in [1.29, 1.82) is 0 Å². The third kappa shape index (κ3) is 6.31. The summed E-state index contributed by atoms with van der Waals surface area (Å²) in [5.74, 6) is 0.560. The zero-order chi connectivity index (χ0) is 16.7. The summed E-state index contributed by atoms with van der Waals surface area (Å²) in [5.41, 5.74) is 1.81. The summed E-state index contributed by atoms with van der Waals surface area (Å²) in [6.07, 6.45) is 2.90. The number of hydrogen-bond acceptors (Lipinski definition) is 3. The molecule has 1 aliphatic heterocycles. The van der Waals surface area contributed by atoms with Gasteiger partial charge in [-0.25, -0.2) is 0 Å². The van der Waals surface area contributed by atoms with Crippen LogP contribution in [0.25, 0.3) is 0 Å². The molecular weight excluding hydrogens is 358 g/mol. The van der Waals surface area contributed by atoms with E-state index >= 15 is 0 Å². The van der Waals surface area contributed by atoms with Crippen LogP contribution in [0.2, 0.25) is 0 Å². The number of anilines is 1. The maximum absolute atomic E-state index is 11.9. The first-order chi connectivity index (χ1) is 11.0. The molecule has 1 heterocycles. The van der Waals surface area contributed by atoms with Crippen LogP contribution >= 0.6 is 15.9 Å². The van der Waals surface area contributed by atoms with Gasteiger partial charge >= 0.3 is 0 Å². The number of carbonyl (C=O) groups excluding carboxylic acids is 2. The van der Waals surface area contributed by atoms with Gasteiger partial charge in [0, 0.05) is 29.5 Å². The van der Waals surface area contributed by atoms with Crippen LogP contribution in [0, 0.1) is 12.8 Å². The smallest absolute Gasteiger partial charge is 0.226 e. The van der Waals surface area contributed by atoms with Gasteiger partial charge in [0.15, 0.2) is 0 Å². The number of aryl methyl sites for hydroxylation is 1. The van der Waals surface area contributed by atoms with Crippen molar-refractivity contribution in [2.24, 2.45) is 5.92 Å². The average Bonchev–Trinajstić information content (AvgIpc) is 3.01. The molecule has 126 valence electrons. The van der Waals surface area contributed by atoms with Crippen LogP contribution in [0.15, 0.2) is 22.7 Å². The van der Waals surface area contributed by atoms with Crippen LogP contribution in [-0.4, -0.2) is 31.4 Å². The molecule has 0 radical (unpaired) electrons. The van der Waals surface area contributed by atoms with E-state index < -0.39 is 0 Å². The lowest BCUT2D eigenvalue weighted by Crippen LogP contribution is -2.28. The maximum atomic E-state index is 11.9. The number of carbonyl (C=O) groups is 2. The molecular formula is C17H24BrN3O2. The number of benzene rings is 1. The van der Waals surface area contributed by atoms with Crippen molar-refractivity contribution < 1.29 is 9.59 Å². The molecule has 0 spiro atoms. The monoisotopic (exact) mass is 381 g/mol. The fraction of sp³-hybridized carbons (Fsp3) is 0.529. The molecule has 0 aromatic heterocycles. The predicted octanol–water partition coefficient (Wildman–Crippen LogP) is 2.59. The van der Waals surface area contributed by atoms with E-state index in [2.05, 4.69) is 31.9 Å². The van der Waals surface area contributed by atoms with Crippen LogP contribution in [-0.2, 0) is 9.59 Å². The number of hydrogen-bond donors (Lipinski definition) is 3. The maximum Gasteiger partial charge on any atom is 0.226 e. The molecule has 0 saturated carbocycles. The summed E-state index contributed by atoms with van der Waals surface area (Å²) >= 11 is 3.40. The number of amides is 2. The molecule has 1 saturated heterocycles. The van der Waals surface area contributed by atoms with Crippen LogP contribution < -0.4 is 16.0 Å². The van der Waals surface area contributed by atoms with Crippen LogP contribution in [0.1, 0.15) is 31.2 Å². The molecule has 1 aliphatic rings. The normalized spacial score (nSPS) is 17.0. The Morgan fingerprint density at radius 3 is 2.83 bits per heavy atom. The van der Waals surface area contributed by atoms with Gasteiger partial charge in [-0.05, 0) is 62.5 Å². The van der Waals surface area contributed by atoms with Crippen LogP contribution in [0.5, 0.6) is 0 Å². The third-order valence-electron chi connectivity index (χ3n) is 4.08. The zero-order valence-corrected chi connectivity index (χ0v) is 15.0. The van der Waals surface area contributed by atoms with Crippen molar-refractivity contribution in [3.63, 3.8) is 0 Å². The summed E-state index contributed by atoms with van der Waals surface area (Å²) in [4.78, 5) is 23.7. The minimum absolute atomic E-state index is 0.0320. The van der Waals surface area contributed by atoms with Gasteiger partial charge in [0.1, 0.15) is 0 Å². The second kappa shape index (κ2) is 9.03. The predicted molar refractivity (Wildman–Crippen MR) is 95.3 cm³/mol. The Labute approximate surface area is 145 Å². The summed E-state index contributed by atoms with van der Waals surface area (Å²) < 4.78 is 0.984. The lowest BCUT2D eigenvalue weighted by Gasteiger charge is -2.10. The highest BCUT2D eigenvalue weighted by Crippen LogP contribution is 2.20. The van der Waals surface area contributed by atoms with E-state index in [-0.39, 0.29) is 18.2 Å². The fourth-order valence-electron chi connectivity index (χ4n) is 2.68. The second-order valence-corrected chi connectivity index (χ2v) is 6.92. The van der Waals surface area contributed by atoms with E-state index in [4.69, 9.17) is 0 Å². The Hall–Kier alpha value is -1.40. The molecule has 2 rings (SSSR count). The average molecular weight is 382 g/mol. The topological polar surface area (TPSA) is 70.2 Å². The number of nitrogens with one attached hydrogen (secondary N) is 3. The van der Waals surface area contributed by atoms with E-state index in [0.717, 1.165) is 41.7 Å². The number of halogens is 1. The molecule has 1 unspecified atom stereocenters. The highest BCUT2D eigenvalue weighted by atomic mass is 79.9. The Morgan fingerprint density at radius 1 is 1.30 bits per heavy atom. The molecule has 1 atom stereocenters. The Kier molecular flexibility index (Phi) is 7.05. The van der Waals surface area contributed by atoms with E-state index in [9.17, 15) is 9.59 Å². The molecule has 1 fully saturated rings. The first-order valence-electron chi connectivity index (χ1n) is 8.08. The van der Waals surface area contributed by atoms with Crippen LogP contribution in [0.4, 0.5) is 5.69 Å². The molecule has 1 aromatic carbocycles. The summed E-state index contributed by atoms with van der Waals surface area (Å²) in [6, 6.07) is 5.71. The van der Waals surface area contributed by atoms with Crippen molar-refractivity contribution >= 4 is 33.4 Å². The van der Waals surface area contributed by atoms with Gasteiger partial charge in [-0.1, -0.05) is 15.9 Å². The van der Waals surface area contributed by atoms with Crippen molar-refractivity contribution in [2.75, 3.05) is 25.0 Å². The molecule has 0 aliphatic carbocycles. The first-order valence-corrected chi connectivity index (χ1v) is 8.87. The van der Waals surface area contributed by atoms with Gasteiger partial charge in [0.05, 0.1) is 0 Å². The van der Waals surface area contributed by atoms with E-state index in [1.165, 1.54) is 0 Å². The molecule has 6 heteroatoms. The van der Waals surface area contributed by atoms with Crippen molar-refractivity contribution in [2.45, 2.75) is 32.6 Å². The molecule has 5 nitrogen and oxygen atoms in total. The van der Waals surface area contributed by atoms with Crippen LogP contribution in [0.3, 0.4) is 0 Å². The van der Waals surface area contributed by atoms with E-state index in [1.54, 1.807) is 0 Å². The van der Waals surface area contributed by atoms with E-state index in [0.29, 0.717) is 18.9 Å². The highest BCUT2D eigenvalue weighted by Gasteiger charge is 2.15. The Morgan fingerprint density at radius 2 is 2.13 bits per heavy atom. The first kappa shape index (κ1) is 17.9. The Bertz CT molecular complexity index is 557. The van der Waals surface area contributed by atoms with Gasteiger partial charge in [-0.15, -0.1) is 0 Å². The SMILES string of the molecule is Cc1cc(Br)ccc1NC(=O)CCNC(=O)CCC1CCNC1. The van der Waals surface area contributed by atoms with Gasteiger partial charge in [-0.2, -0.15) is 0 Å². The third-order valence-corrected chi connectivity index (χ3v) is 4.57. The molecule has 0 bridgehead atoms. The highest BCUT2D eigenvalue weighted by molar-refractivity contribution is 9.10. The second-order valence-electron chi connectivity index (χ2n) is 6.00. The zero-order valence-electron chi connectivity index (χ0n) is 13.5. The summed E-state index contributed by atoms with van der Waals surface area (Å²) in [7, 11) is 0. The lowest BCUT2D eigenvalue weighted by atomic mass is 10.0. The van der Waals surface area contributed by atoms with Crippen molar-refractivity contribution in [3.05, 3.63) is 28.2 Å². The largest absolute Gasteiger partial charge is 0.356 e. The standard InChI is InChI=1S/C17H24BrN3O2/c1-12-10-14(18)3-4-15(12)21-17(23)7-9-20-16(22)5-2-13-6-8-19-11-13/h3-4,10,13,19H,2,5-9,11H2,1H3,(H,20,22)(H,21,23). The van der Waals surface area contributed by atoms with Gasteiger partial charge in [0.2, 0.25) is 11.8 Å². The lowest BCUT2D eigenvalue weighted by molar-refractivity contribution is -0.121. The van der Waals surface area contributed by atoms with Gasteiger partial charge in [0.25, 0.3) is 0 Å². The minimum Gasteiger partial charge on any atom is -0.356 e. The summed E-state index contributed by atoms with van der Waals surface area (Å²) in [6.45, 7) is 4.40. The van der Waals surface area contributed by atoms with E-state index in [1.807, 2.05) is 25.1 Å². The fourth-order valence-corrected chi connectivity index (χ4v) is 3.16. The number of rotatable bonds is 7. The van der Waals surface area contributed by atoms with Gasteiger partial charge < -0.3 is 16.0 Å². The molecule has 3 N–H and O–H groups in total. The quantitative estimate of drug-likeness (QED) is 0.679. The van der Waals surface area contributed by atoms with Crippen molar-refractivity contribution in [1.82, 2.24) is 10.6 Å².